The number of nitrogens with two attached hydrogens (primary N) is 1. The van der Waals surface area contributed by atoms with Crippen LogP contribution in [0.1, 0.15) is 5.01 Å². The van der Waals surface area contributed by atoms with Gasteiger partial charge in [0.2, 0.25) is 11.0 Å². The Bertz CT molecular complexity index is 705. The fourth-order valence-electron chi connectivity index (χ4n) is 2.27. The van der Waals surface area contributed by atoms with Gasteiger partial charge in [-0.1, -0.05) is 11.3 Å². The predicted octanol–water partition coefficient (Wildman–Crippen LogP) is 1.10. The molecule has 9 heteroatoms. The molecule has 8 nitrogen and oxygen atoms in total. The van der Waals surface area contributed by atoms with Gasteiger partial charge < -0.3 is 20.1 Å². The van der Waals surface area contributed by atoms with Crippen molar-refractivity contribution in [2.75, 3.05) is 42.8 Å². The van der Waals surface area contributed by atoms with Gasteiger partial charge in [-0.25, -0.2) is 0 Å². The lowest BCUT2D eigenvalue weighted by Crippen LogP contribution is -2.38. The van der Waals surface area contributed by atoms with Crippen molar-refractivity contribution in [1.29, 1.82) is 0 Å². The Kier molecular flexibility index (Phi) is 4.58. The molecule has 0 aliphatic carbocycles. The average Bonchev–Trinajstić information content (AvgIpc) is 2.95. The average molecular weight is 335 g/mol. The number of benzene rings is 1. The molecule has 1 aliphatic rings. The minimum Gasteiger partial charge on any atom is -0.490 e. The minimum atomic E-state index is -0.166. The van der Waals surface area contributed by atoms with Gasteiger partial charge in [0, 0.05) is 12.8 Å². The zero-order valence-electron chi connectivity index (χ0n) is 12.6. The summed E-state index contributed by atoms with van der Waals surface area (Å²) in [5.41, 5.74) is 7.27. The Balaban J connectivity index is 1.65. The van der Waals surface area contributed by atoms with Gasteiger partial charge in [-0.3, -0.25) is 10.1 Å². The van der Waals surface area contributed by atoms with E-state index in [0.717, 1.165) is 11.4 Å². The monoisotopic (exact) mass is 335 g/mol. The van der Waals surface area contributed by atoms with Crippen LogP contribution < -0.4 is 20.7 Å². The first-order valence-electron chi connectivity index (χ1n) is 7.04. The van der Waals surface area contributed by atoms with Crippen LogP contribution in [0.25, 0.3) is 0 Å². The van der Waals surface area contributed by atoms with Gasteiger partial charge in [-0.15, -0.1) is 10.2 Å². The van der Waals surface area contributed by atoms with Crippen molar-refractivity contribution in [3.05, 3.63) is 23.2 Å². The predicted molar refractivity (Wildman–Crippen MR) is 87.8 cm³/mol. The van der Waals surface area contributed by atoms with Crippen LogP contribution in [0.3, 0.4) is 0 Å². The Morgan fingerprint density at radius 3 is 3.22 bits per heavy atom. The number of carbonyl (C=O) groups excluding carboxylic acids is 1. The molecule has 1 amide bonds. The summed E-state index contributed by atoms with van der Waals surface area (Å²) in [4.78, 5) is 14.2. The van der Waals surface area contributed by atoms with Crippen molar-refractivity contribution in [2.45, 2.75) is 6.61 Å². The molecule has 1 aromatic heterocycles. The van der Waals surface area contributed by atoms with Gasteiger partial charge in [0.05, 0.1) is 18.8 Å². The van der Waals surface area contributed by atoms with Gasteiger partial charge in [-0.05, 0) is 18.2 Å². The van der Waals surface area contributed by atoms with Crippen molar-refractivity contribution in [3.63, 3.8) is 0 Å². The molecule has 0 atom stereocenters. The number of rotatable bonds is 5. The molecule has 0 bridgehead atoms. The Labute approximate surface area is 137 Å². The molecule has 0 radical (unpaired) electrons. The summed E-state index contributed by atoms with van der Waals surface area (Å²) in [6, 6.07) is 5.40. The van der Waals surface area contributed by atoms with E-state index in [2.05, 4.69) is 15.5 Å². The highest BCUT2D eigenvalue weighted by molar-refractivity contribution is 7.15. The molecule has 23 heavy (non-hydrogen) atoms. The Morgan fingerprint density at radius 1 is 1.52 bits per heavy atom. The van der Waals surface area contributed by atoms with Crippen LogP contribution in [0.15, 0.2) is 18.2 Å². The zero-order valence-corrected chi connectivity index (χ0v) is 13.4. The Morgan fingerprint density at radius 2 is 2.39 bits per heavy atom. The molecule has 1 aromatic carbocycles. The summed E-state index contributed by atoms with van der Waals surface area (Å²) in [5, 5.41) is 11.8. The van der Waals surface area contributed by atoms with Gasteiger partial charge in [0.25, 0.3) is 0 Å². The third-order valence-corrected chi connectivity index (χ3v) is 4.07. The molecule has 2 heterocycles. The second-order valence-corrected chi connectivity index (χ2v) is 6.04. The van der Waals surface area contributed by atoms with E-state index in [1.54, 1.807) is 13.2 Å². The molecular formula is C14H17N5O3S. The largest absolute Gasteiger partial charge is 0.490 e. The van der Waals surface area contributed by atoms with Crippen LogP contribution in [-0.2, 0) is 16.1 Å². The van der Waals surface area contributed by atoms with Crippen molar-refractivity contribution in [1.82, 2.24) is 10.2 Å². The standard InChI is InChI=1S/C14H17N5O3S/c1-21-8-13-17-18-14(23-13)16-12(20)7-19-4-5-22-11-3-2-9(15)6-10(11)19/h2-3,6H,4-5,7-8,15H2,1H3,(H,16,18,20). The summed E-state index contributed by atoms with van der Waals surface area (Å²) in [7, 11) is 1.58. The van der Waals surface area contributed by atoms with Crippen LogP contribution in [-0.4, -0.2) is 42.9 Å². The van der Waals surface area contributed by atoms with E-state index in [-0.39, 0.29) is 12.5 Å². The number of methoxy groups -OCH3 is 1. The highest BCUT2D eigenvalue weighted by Crippen LogP contribution is 2.33. The van der Waals surface area contributed by atoms with Gasteiger partial charge >= 0.3 is 0 Å². The molecule has 0 saturated carbocycles. The molecule has 122 valence electrons. The number of ether oxygens (including phenoxy) is 2. The topological polar surface area (TPSA) is 103 Å². The molecule has 1 aliphatic heterocycles. The molecular weight excluding hydrogens is 318 g/mol. The number of nitrogens with zero attached hydrogens (tertiary/aromatic N) is 3. The van der Waals surface area contributed by atoms with Crippen molar-refractivity contribution in [2.24, 2.45) is 0 Å². The molecule has 0 fully saturated rings. The highest BCUT2D eigenvalue weighted by Gasteiger charge is 2.21. The van der Waals surface area contributed by atoms with Crippen LogP contribution in [0, 0.1) is 0 Å². The number of hydrogen-bond acceptors (Lipinski definition) is 8. The Hall–Kier alpha value is -2.39. The number of nitrogens with one attached hydrogen (secondary N) is 1. The number of carbonyl (C=O) groups is 1. The van der Waals surface area contributed by atoms with Crippen LogP contribution in [0.2, 0.25) is 0 Å². The first-order chi connectivity index (χ1) is 11.2. The van der Waals surface area contributed by atoms with Gasteiger partial charge in [0.1, 0.15) is 24.0 Å². The van der Waals surface area contributed by atoms with E-state index < -0.39 is 0 Å². The quantitative estimate of drug-likeness (QED) is 0.789. The van der Waals surface area contributed by atoms with Crippen LogP contribution in [0.5, 0.6) is 5.75 Å². The number of amides is 1. The lowest BCUT2D eigenvalue weighted by molar-refractivity contribution is -0.115. The maximum Gasteiger partial charge on any atom is 0.245 e. The number of anilines is 3. The molecule has 3 rings (SSSR count). The van der Waals surface area contributed by atoms with E-state index >= 15 is 0 Å². The lowest BCUT2D eigenvalue weighted by atomic mass is 10.2. The molecule has 3 N–H and O–H groups in total. The van der Waals surface area contributed by atoms with Crippen molar-refractivity contribution in [3.8, 4) is 5.75 Å². The maximum atomic E-state index is 12.2. The SMILES string of the molecule is COCc1nnc(NC(=O)CN2CCOc3ccc(N)cc32)s1. The first kappa shape index (κ1) is 15.5. The zero-order chi connectivity index (χ0) is 16.2. The van der Waals surface area contributed by atoms with E-state index in [0.29, 0.717) is 35.6 Å². The van der Waals surface area contributed by atoms with E-state index in [4.69, 9.17) is 15.2 Å². The van der Waals surface area contributed by atoms with E-state index in [9.17, 15) is 4.79 Å². The fraction of sp³-hybridized carbons (Fsp3) is 0.357. The number of fused-ring (bicyclic) bond motifs is 1. The first-order valence-corrected chi connectivity index (χ1v) is 7.86. The molecule has 0 saturated heterocycles. The fourth-order valence-corrected chi connectivity index (χ4v) is 3.00. The van der Waals surface area contributed by atoms with E-state index in [1.807, 2.05) is 17.0 Å². The van der Waals surface area contributed by atoms with Crippen LogP contribution >= 0.6 is 11.3 Å². The van der Waals surface area contributed by atoms with Gasteiger partial charge in [-0.2, -0.15) is 0 Å². The number of hydrogen-bond donors (Lipinski definition) is 2. The van der Waals surface area contributed by atoms with E-state index in [1.165, 1.54) is 11.3 Å². The third kappa shape index (κ3) is 3.69. The lowest BCUT2D eigenvalue weighted by Gasteiger charge is -2.30. The highest BCUT2D eigenvalue weighted by atomic mass is 32.1. The number of nitrogen functional groups attached to an aromatic ring is 1. The summed E-state index contributed by atoms with van der Waals surface area (Å²) in [5.74, 6) is 0.567. The molecule has 0 spiro atoms. The maximum absolute atomic E-state index is 12.2. The third-order valence-electron chi connectivity index (χ3n) is 3.26. The summed E-state index contributed by atoms with van der Waals surface area (Å²) >= 11 is 1.29. The second-order valence-electron chi connectivity index (χ2n) is 4.98. The summed E-state index contributed by atoms with van der Waals surface area (Å²) < 4.78 is 10.6. The van der Waals surface area contributed by atoms with Gasteiger partial charge in [0.15, 0.2) is 0 Å². The van der Waals surface area contributed by atoms with Crippen LogP contribution in [0.4, 0.5) is 16.5 Å². The second kappa shape index (κ2) is 6.80. The number of aromatic nitrogens is 2. The smallest absolute Gasteiger partial charge is 0.245 e. The molecule has 0 unspecified atom stereocenters. The minimum absolute atomic E-state index is 0.166. The molecule has 2 aromatic rings. The normalized spacial score (nSPS) is 13.3. The summed E-state index contributed by atoms with van der Waals surface area (Å²) in [6.07, 6.45) is 0. The van der Waals surface area contributed by atoms with Crippen molar-refractivity contribution >= 4 is 33.8 Å². The van der Waals surface area contributed by atoms with Crippen molar-refractivity contribution < 1.29 is 14.3 Å². The summed E-state index contributed by atoms with van der Waals surface area (Å²) in [6.45, 7) is 1.72.